The Morgan fingerprint density at radius 3 is 2.63 bits per heavy atom. The van der Waals surface area contributed by atoms with Gasteiger partial charge in [0.1, 0.15) is 6.61 Å². The highest BCUT2D eigenvalue weighted by Gasteiger charge is 2.23. The number of nitrogens with one attached hydrogen (secondary N) is 1. The van der Waals surface area contributed by atoms with Gasteiger partial charge in [0.15, 0.2) is 17.3 Å². The normalized spacial score (nSPS) is 16.0. The number of esters is 1. The molecule has 0 bridgehead atoms. The molecule has 1 fully saturated rings. The molecule has 1 amide bonds. The predicted molar refractivity (Wildman–Crippen MR) is 95.5 cm³/mol. The Kier molecular flexibility index (Phi) is 5.97. The molecule has 144 valence electrons. The minimum Gasteiger partial charge on any atom is -0.493 e. The maximum absolute atomic E-state index is 12.6. The third-order valence-corrected chi connectivity index (χ3v) is 4.16. The molecule has 1 aliphatic heterocycles. The Balaban J connectivity index is 1.84. The van der Waals surface area contributed by atoms with Crippen molar-refractivity contribution in [2.75, 3.05) is 32.8 Å². The molecule has 2 aromatic rings. The molecule has 1 saturated heterocycles. The van der Waals surface area contributed by atoms with Gasteiger partial charge in [0, 0.05) is 18.7 Å². The van der Waals surface area contributed by atoms with E-state index in [0.29, 0.717) is 18.1 Å². The van der Waals surface area contributed by atoms with Crippen molar-refractivity contribution in [1.29, 1.82) is 0 Å². The van der Waals surface area contributed by atoms with E-state index in [9.17, 15) is 9.59 Å². The highest BCUT2D eigenvalue weighted by Crippen LogP contribution is 2.34. The fourth-order valence-electron chi connectivity index (χ4n) is 2.77. The minimum absolute atomic E-state index is 0.102. The number of benzene rings is 1. The number of carbonyl (C=O) groups is 2. The van der Waals surface area contributed by atoms with E-state index in [2.05, 4.69) is 5.32 Å². The fraction of sp³-hybridized carbons (Fsp3) is 0.368. The van der Waals surface area contributed by atoms with Gasteiger partial charge < -0.3 is 28.7 Å². The van der Waals surface area contributed by atoms with Crippen LogP contribution in [0.15, 0.2) is 34.9 Å². The van der Waals surface area contributed by atoms with Crippen LogP contribution in [0.1, 0.15) is 33.8 Å². The molecular formula is C19H21NO7. The van der Waals surface area contributed by atoms with Crippen molar-refractivity contribution in [3.05, 3.63) is 41.9 Å². The monoisotopic (exact) mass is 375 g/mol. The van der Waals surface area contributed by atoms with E-state index >= 15 is 0 Å². The van der Waals surface area contributed by atoms with E-state index in [-0.39, 0.29) is 29.7 Å². The van der Waals surface area contributed by atoms with Crippen molar-refractivity contribution < 1.29 is 33.0 Å². The maximum atomic E-state index is 12.6. The van der Waals surface area contributed by atoms with Gasteiger partial charge in [0.05, 0.1) is 37.8 Å². The van der Waals surface area contributed by atoms with Crippen LogP contribution in [0.5, 0.6) is 11.5 Å². The second-order valence-electron chi connectivity index (χ2n) is 5.92. The number of methoxy groups -OCH3 is 2. The van der Waals surface area contributed by atoms with Crippen molar-refractivity contribution in [1.82, 2.24) is 0 Å². The van der Waals surface area contributed by atoms with Crippen molar-refractivity contribution in [3.63, 3.8) is 0 Å². The highest BCUT2D eigenvalue weighted by molar-refractivity contribution is 6.07. The summed E-state index contributed by atoms with van der Waals surface area (Å²) in [6.07, 6.45) is 3.08. The van der Waals surface area contributed by atoms with Crippen LogP contribution in [0.2, 0.25) is 0 Å². The van der Waals surface area contributed by atoms with Crippen molar-refractivity contribution in [2.24, 2.45) is 0 Å². The first kappa shape index (κ1) is 18.8. The molecule has 0 spiro atoms. The van der Waals surface area contributed by atoms with E-state index in [1.165, 1.54) is 38.7 Å². The summed E-state index contributed by atoms with van der Waals surface area (Å²) in [5.74, 6) is -0.273. The number of anilines is 1. The topological polar surface area (TPSA) is 96.2 Å². The molecule has 2 heterocycles. The molecule has 1 aliphatic rings. The summed E-state index contributed by atoms with van der Waals surface area (Å²) in [6.45, 7) is 0.821. The van der Waals surface area contributed by atoms with E-state index in [4.69, 9.17) is 23.4 Å². The average molecular weight is 375 g/mol. The van der Waals surface area contributed by atoms with Crippen LogP contribution in [-0.4, -0.2) is 45.4 Å². The molecule has 3 rings (SSSR count). The van der Waals surface area contributed by atoms with Crippen molar-refractivity contribution in [3.8, 4) is 11.5 Å². The average Bonchev–Trinajstić information content (AvgIpc) is 3.39. The summed E-state index contributed by atoms with van der Waals surface area (Å²) in [4.78, 5) is 24.9. The van der Waals surface area contributed by atoms with Gasteiger partial charge in [-0.05, 0) is 25.0 Å². The Labute approximate surface area is 156 Å². The Morgan fingerprint density at radius 2 is 2.00 bits per heavy atom. The highest BCUT2D eigenvalue weighted by atomic mass is 16.6. The van der Waals surface area contributed by atoms with Crippen molar-refractivity contribution in [2.45, 2.75) is 18.9 Å². The van der Waals surface area contributed by atoms with Crippen LogP contribution in [0, 0.1) is 0 Å². The number of furan rings is 1. The minimum atomic E-state index is -0.596. The maximum Gasteiger partial charge on any atom is 0.340 e. The molecule has 1 aromatic carbocycles. The molecule has 1 N–H and O–H groups in total. The lowest BCUT2D eigenvalue weighted by Gasteiger charge is -2.16. The van der Waals surface area contributed by atoms with E-state index in [0.717, 1.165) is 12.8 Å². The third-order valence-electron chi connectivity index (χ3n) is 4.16. The standard InChI is InChI=1S/C19H21NO7/c1-23-16-9-13(19(22)27-11-12-5-3-7-25-12)14(10-17(16)24-2)20-18(21)15-6-4-8-26-15/h4,6,8-10,12H,3,5,7,11H2,1-2H3,(H,20,21)/t12-/m1/s1. The number of carbonyl (C=O) groups excluding carboxylic acids is 2. The summed E-state index contributed by atoms with van der Waals surface area (Å²) < 4.78 is 26.4. The van der Waals surface area contributed by atoms with Gasteiger partial charge in [-0.1, -0.05) is 0 Å². The van der Waals surface area contributed by atoms with E-state index in [1.54, 1.807) is 6.07 Å². The quantitative estimate of drug-likeness (QED) is 0.743. The molecule has 0 unspecified atom stereocenters. The Morgan fingerprint density at radius 1 is 1.22 bits per heavy atom. The molecule has 8 nitrogen and oxygen atoms in total. The van der Waals surface area contributed by atoms with Crippen LogP contribution in [0.3, 0.4) is 0 Å². The lowest BCUT2D eigenvalue weighted by molar-refractivity contribution is 0.0162. The second-order valence-corrected chi connectivity index (χ2v) is 5.92. The van der Waals surface area contributed by atoms with Gasteiger partial charge in [-0.15, -0.1) is 0 Å². The van der Waals surface area contributed by atoms with E-state index < -0.39 is 11.9 Å². The molecule has 1 aromatic heterocycles. The molecule has 1 atom stereocenters. The summed E-state index contributed by atoms with van der Waals surface area (Å²) in [7, 11) is 2.92. The van der Waals surface area contributed by atoms with Crippen LogP contribution < -0.4 is 14.8 Å². The van der Waals surface area contributed by atoms with Gasteiger partial charge in [0.25, 0.3) is 5.91 Å². The number of hydrogen-bond donors (Lipinski definition) is 1. The zero-order valence-corrected chi connectivity index (χ0v) is 15.2. The van der Waals surface area contributed by atoms with Crippen LogP contribution in [0.25, 0.3) is 0 Å². The molecule has 27 heavy (non-hydrogen) atoms. The van der Waals surface area contributed by atoms with Crippen LogP contribution >= 0.6 is 0 Å². The Bertz CT molecular complexity index is 795. The second kappa shape index (κ2) is 8.59. The summed E-state index contributed by atoms with van der Waals surface area (Å²) in [5, 5.41) is 2.65. The predicted octanol–water partition coefficient (Wildman–Crippen LogP) is 2.88. The van der Waals surface area contributed by atoms with Gasteiger partial charge in [-0.2, -0.15) is 0 Å². The van der Waals surface area contributed by atoms with E-state index in [1.807, 2.05) is 0 Å². The SMILES string of the molecule is COc1cc(NC(=O)c2ccco2)c(C(=O)OC[C@H]2CCCO2)cc1OC. The smallest absolute Gasteiger partial charge is 0.340 e. The van der Waals surface area contributed by atoms with Crippen LogP contribution in [-0.2, 0) is 9.47 Å². The zero-order valence-electron chi connectivity index (χ0n) is 15.2. The third kappa shape index (κ3) is 4.40. The van der Waals surface area contributed by atoms with Gasteiger partial charge >= 0.3 is 5.97 Å². The first-order valence-corrected chi connectivity index (χ1v) is 8.52. The summed E-state index contributed by atoms with van der Waals surface area (Å²) >= 11 is 0. The van der Waals surface area contributed by atoms with Gasteiger partial charge in [0.2, 0.25) is 0 Å². The van der Waals surface area contributed by atoms with Crippen LogP contribution in [0.4, 0.5) is 5.69 Å². The Hall–Kier alpha value is -3.00. The first-order chi connectivity index (χ1) is 13.1. The number of amides is 1. The van der Waals surface area contributed by atoms with Crippen molar-refractivity contribution >= 4 is 17.6 Å². The largest absolute Gasteiger partial charge is 0.493 e. The number of rotatable bonds is 7. The number of ether oxygens (including phenoxy) is 4. The number of hydrogen-bond acceptors (Lipinski definition) is 7. The molecule has 0 radical (unpaired) electrons. The lowest BCUT2D eigenvalue weighted by atomic mass is 10.1. The fourth-order valence-corrected chi connectivity index (χ4v) is 2.77. The molecular weight excluding hydrogens is 354 g/mol. The first-order valence-electron chi connectivity index (χ1n) is 8.52. The van der Waals surface area contributed by atoms with Gasteiger partial charge in [-0.25, -0.2) is 4.79 Å². The van der Waals surface area contributed by atoms with Gasteiger partial charge in [-0.3, -0.25) is 4.79 Å². The molecule has 8 heteroatoms. The molecule has 0 aliphatic carbocycles. The summed E-state index contributed by atoms with van der Waals surface area (Å²) in [6, 6.07) is 6.09. The lowest BCUT2D eigenvalue weighted by Crippen LogP contribution is -2.20. The zero-order chi connectivity index (χ0) is 19.2. The molecule has 0 saturated carbocycles. The summed E-state index contributed by atoms with van der Waals surface area (Å²) in [5.41, 5.74) is 0.372.